The molecule has 0 amide bonds. The molecule has 0 aliphatic carbocycles. The van der Waals surface area contributed by atoms with Gasteiger partial charge in [-0.05, 0) is 43.5 Å². The van der Waals surface area contributed by atoms with Crippen LogP contribution < -0.4 is 5.32 Å². The van der Waals surface area contributed by atoms with Crippen molar-refractivity contribution in [2.45, 2.75) is 18.7 Å². The fourth-order valence-electron chi connectivity index (χ4n) is 2.45. The van der Waals surface area contributed by atoms with Crippen LogP contribution in [0.4, 0.5) is 17.3 Å². The van der Waals surface area contributed by atoms with Crippen molar-refractivity contribution in [2.75, 3.05) is 5.32 Å². The van der Waals surface area contributed by atoms with Gasteiger partial charge >= 0.3 is 0 Å². The van der Waals surface area contributed by atoms with E-state index in [0.29, 0.717) is 51.0 Å². The molecule has 0 saturated heterocycles. The Balaban J connectivity index is 2.02. The number of nitrogens with zero attached hydrogens (tertiary/aromatic N) is 4. The van der Waals surface area contributed by atoms with Crippen molar-refractivity contribution < 1.29 is 19.7 Å². The molecule has 3 aromatic rings. The molecule has 134 valence electrons. The molecule has 26 heavy (non-hydrogen) atoms. The molecule has 1 aromatic heterocycles. The zero-order valence-electron chi connectivity index (χ0n) is 13.7. The molecule has 1 heterocycles. The van der Waals surface area contributed by atoms with Crippen molar-refractivity contribution in [3.63, 3.8) is 0 Å². The Morgan fingerprint density at radius 3 is 2.54 bits per heavy atom. The van der Waals surface area contributed by atoms with Gasteiger partial charge in [0.15, 0.2) is 5.75 Å². The first-order valence-corrected chi connectivity index (χ1v) is 8.04. The van der Waals surface area contributed by atoms with Crippen molar-refractivity contribution >= 4 is 40.1 Å². The number of benzene rings is 2. The second-order valence-electron chi connectivity index (χ2n) is 5.22. The van der Waals surface area contributed by atoms with Crippen LogP contribution in [-0.4, -0.2) is 25.3 Å². The molecule has 3 rings (SSSR count). The number of nitrogens with one attached hydrogen (secondary N) is 2. The van der Waals surface area contributed by atoms with Crippen LogP contribution >= 0.6 is 12.0 Å². The summed E-state index contributed by atoms with van der Waals surface area (Å²) in [5.74, 6) is 1.42. The largest absolute Gasteiger partial charge is 0.505 e. The van der Waals surface area contributed by atoms with Crippen molar-refractivity contribution in [2.24, 2.45) is 5.11 Å². The maximum atomic E-state index is 10.3. The molecule has 4 N–H and O–H groups in total. The molecule has 10 nitrogen and oxygen atoms in total. The minimum absolute atomic E-state index is 0.00368. The van der Waals surface area contributed by atoms with Crippen LogP contribution in [0.5, 0.6) is 5.75 Å². The number of anilines is 2. The average Bonchev–Trinajstić information content (AvgIpc) is 2.59. The number of phenols is 1. The maximum absolute atomic E-state index is 10.3. The highest BCUT2D eigenvalue weighted by Gasteiger charge is 2.15. The van der Waals surface area contributed by atoms with E-state index in [0.717, 1.165) is 0 Å². The highest BCUT2D eigenvalue weighted by Crippen LogP contribution is 2.43. The molecular formula is C15H14N6O4S. The van der Waals surface area contributed by atoms with E-state index in [2.05, 4.69) is 34.8 Å². The van der Waals surface area contributed by atoms with E-state index in [1.807, 2.05) is 0 Å². The summed E-state index contributed by atoms with van der Waals surface area (Å²) >= 11 is 0.615. The van der Waals surface area contributed by atoms with Gasteiger partial charge in [-0.3, -0.25) is 0 Å². The average molecular weight is 374 g/mol. The van der Waals surface area contributed by atoms with Crippen molar-refractivity contribution in [1.29, 1.82) is 5.53 Å². The Labute approximate surface area is 151 Å². The van der Waals surface area contributed by atoms with Crippen LogP contribution in [0, 0.1) is 19.4 Å². The van der Waals surface area contributed by atoms with Crippen LogP contribution in [-0.2, 0) is 9.37 Å². The van der Waals surface area contributed by atoms with E-state index in [9.17, 15) is 5.11 Å². The number of phenolic OH excluding ortho intramolecular Hbond substituents is 1. The van der Waals surface area contributed by atoms with E-state index in [1.165, 1.54) is 0 Å². The Kier molecular flexibility index (Phi) is 5.23. The molecule has 0 saturated carbocycles. The molecular weight excluding hydrogens is 360 g/mol. The summed E-state index contributed by atoms with van der Waals surface area (Å²) in [4.78, 5) is 12.9. The Hall–Kier alpha value is -2.86. The smallest absolute Gasteiger partial charge is 0.230 e. The third-order valence-corrected chi connectivity index (χ3v) is 4.05. The quantitative estimate of drug-likeness (QED) is 0.216. The lowest BCUT2D eigenvalue weighted by Crippen LogP contribution is -2.02. The predicted octanol–water partition coefficient (Wildman–Crippen LogP) is 4.18. The summed E-state index contributed by atoms with van der Waals surface area (Å²) in [6.45, 7) is 3.55. The minimum atomic E-state index is -0.181. The van der Waals surface area contributed by atoms with Crippen molar-refractivity contribution in [1.82, 2.24) is 15.0 Å². The standard InChI is InChI=1S/C15H14N6O4S/c1-7-17-8(2)19-15(18-7)20-10-3-4-11-9(5-10)6-12(26-25-24-23)13(21-16)14(11)22/h3-6,16,22-23H,1-2H3,(H,17,18,19,20). The fourth-order valence-corrected chi connectivity index (χ4v) is 2.95. The summed E-state index contributed by atoms with van der Waals surface area (Å²) in [5.41, 5.74) is 7.92. The van der Waals surface area contributed by atoms with Crippen molar-refractivity contribution in [3.05, 3.63) is 35.9 Å². The van der Waals surface area contributed by atoms with Gasteiger partial charge in [-0.25, -0.2) is 15.8 Å². The molecule has 0 aliphatic heterocycles. The van der Waals surface area contributed by atoms with Gasteiger partial charge < -0.3 is 10.4 Å². The molecule has 2 aromatic carbocycles. The second kappa shape index (κ2) is 7.58. The summed E-state index contributed by atoms with van der Waals surface area (Å²) in [7, 11) is 0. The molecule has 0 unspecified atom stereocenters. The van der Waals surface area contributed by atoms with Gasteiger partial charge in [0.25, 0.3) is 0 Å². The van der Waals surface area contributed by atoms with Crippen molar-refractivity contribution in [3.8, 4) is 5.75 Å². The second-order valence-corrected chi connectivity index (χ2v) is 5.97. The lowest BCUT2D eigenvalue weighted by atomic mass is 10.1. The molecule has 0 aliphatic rings. The highest BCUT2D eigenvalue weighted by atomic mass is 32.2. The Morgan fingerprint density at radius 1 is 1.15 bits per heavy atom. The zero-order valence-corrected chi connectivity index (χ0v) is 14.5. The molecule has 0 fully saturated rings. The van der Waals surface area contributed by atoms with Gasteiger partial charge in [0, 0.05) is 11.1 Å². The van der Waals surface area contributed by atoms with Gasteiger partial charge in [-0.1, -0.05) is 5.04 Å². The molecule has 0 radical (unpaired) electrons. The number of hydrogen-bond acceptors (Lipinski definition) is 11. The first kappa shape index (κ1) is 17.9. The fraction of sp³-hybridized carbons (Fsp3) is 0.133. The Bertz CT molecular complexity index is 964. The monoisotopic (exact) mass is 374 g/mol. The number of aromatic hydroxyl groups is 1. The van der Waals surface area contributed by atoms with Crippen LogP contribution in [0.3, 0.4) is 0 Å². The van der Waals surface area contributed by atoms with E-state index >= 15 is 0 Å². The third kappa shape index (κ3) is 3.70. The van der Waals surface area contributed by atoms with Crippen LogP contribution in [0.1, 0.15) is 11.6 Å². The molecule has 0 spiro atoms. The number of rotatable bonds is 6. The lowest BCUT2D eigenvalue weighted by molar-refractivity contribution is -0.432. The first-order valence-electron chi connectivity index (χ1n) is 7.30. The summed E-state index contributed by atoms with van der Waals surface area (Å²) < 4.78 is 4.39. The van der Waals surface area contributed by atoms with E-state index in [1.54, 1.807) is 38.1 Å². The van der Waals surface area contributed by atoms with Gasteiger partial charge in [-0.15, -0.1) is 4.33 Å². The van der Waals surface area contributed by atoms with Gasteiger partial charge in [0.1, 0.15) is 17.3 Å². The normalized spacial score (nSPS) is 10.9. The zero-order chi connectivity index (χ0) is 18.7. The molecule has 0 bridgehead atoms. The maximum Gasteiger partial charge on any atom is 0.230 e. The SMILES string of the molecule is Cc1nc(C)nc(Nc2ccc3c(O)c(N=N)c(SOOO)cc3c2)n1. The summed E-state index contributed by atoms with van der Waals surface area (Å²) in [6.07, 6.45) is 0. The number of hydrogen-bond donors (Lipinski definition) is 4. The minimum Gasteiger partial charge on any atom is -0.505 e. The van der Waals surface area contributed by atoms with Crippen LogP contribution in [0.15, 0.2) is 34.3 Å². The van der Waals surface area contributed by atoms with Gasteiger partial charge in [-0.2, -0.15) is 15.1 Å². The van der Waals surface area contributed by atoms with E-state index in [4.69, 9.17) is 10.8 Å². The predicted molar refractivity (Wildman–Crippen MR) is 93.7 cm³/mol. The van der Waals surface area contributed by atoms with Crippen LogP contribution in [0.25, 0.3) is 10.8 Å². The summed E-state index contributed by atoms with van der Waals surface area (Å²) in [5, 5.41) is 29.8. The van der Waals surface area contributed by atoms with Crippen LogP contribution in [0.2, 0.25) is 0 Å². The van der Waals surface area contributed by atoms with E-state index < -0.39 is 0 Å². The molecule has 11 heteroatoms. The van der Waals surface area contributed by atoms with E-state index in [-0.39, 0.29) is 11.4 Å². The molecule has 0 atom stereocenters. The number of fused-ring (bicyclic) bond motifs is 1. The lowest BCUT2D eigenvalue weighted by Gasteiger charge is -2.11. The van der Waals surface area contributed by atoms with Gasteiger partial charge in [0.05, 0.1) is 16.9 Å². The van der Waals surface area contributed by atoms with Gasteiger partial charge in [0.2, 0.25) is 5.95 Å². The number of aromatic nitrogens is 3. The third-order valence-electron chi connectivity index (χ3n) is 3.43. The first-order chi connectivity index (χ1) is 12.5. The summed E-state index contributed by atoms with van der Waals surface area (Å²) in [6, 6.07) is 6.83. The number of aryl methyl sites for hydroxylation is 2. The highest BCUT2D eigenvalue weighted by molar-refractivity contribution is 7.94. The Morgan fingerprint density at radius 2 is 1.88 bits per heavy atom. The topological polar surface area (TPSA) is 146 Å².